The van der Waals surface area contributed by atoms with Crippen LogP contribution in [0.15, 0.2) is 117 Å². The summed E-state index contributed by atoms with van der Waals surface area (Å²) in [6.07, 6.45) is 12.0. The van der Waals surface area contributed by atoms with Crippen molar-refractivity contribution in [1.82, 2.24) is 78.9 Å². The minimum atomic E-state index is 0.106. The van der Waals surface area contributed by atoms with Gasteiger partial charge in [0.05, 0.1) is 64.0 Å². The van der Waals surface area contributed by atoms with E-state index in [1.165, 1.54) is 29.9 Å². The van der Waals surface area contributed by atoms with Crippen molar-refractivity contribution in [3.05, 3.63) is 144 Å². The third-order valence-electron chi connectivity index (χ3n) is 10.9. The predicted molar refractivity (Wildman–Crippen MR) is 316 cm³/mol. The highest BCUT2D eigenvalue weighted by Crippen LogP contribution is 2.43. The number of anilines is 7. The van der Waals surface area contributed by atoms with Crippen molar-refractivity contribution in [1.29, 1.82) is 0 Å². The molecule has 0 aliphatic rings. The molecule has 0 aliphatic carbocycles. The standard InChI is InChI=1S/C22H23N7O3.C15H15ClN6O3.C12H13ClN4O3.C3HCl2N3/c1-30-17-11-16(12-18(31-2)19(17)32-3)27-20-25-14-26-22(28-20)29-10-9-23-21(29)24-13-15-7-5-4-6-8-15;1-23-10-6-9(7-11(24-2)12(10)25-3)20-14-18-8-19-15(21-14)22-5-4-17-13(22)16;1-18-8-4-7(5-9(19-2)10(8)20-3)16-12-15-6-14-11(13)17-12;4-2-6-1-7-3(5)8-2/h4-12,14H,13H2,1-3H3,(H,23,24)(H,25,26,27,28);4-8H,1-3H3,(H,18,19,20,21);4-6H,1-3H3,(H,14,15,16,17);1H. The molecule has 10 rings (SSSR count). The van der Waals surface area contributed by atoms with Gasteiger partial charge in [-0.25, -0.2) is 49.8 Å². The van der Waals surface area contributed by atoms with E-state index in [4.69, 9.17) is 89.0 Å². The Hall–Kier alpha value is -10.1. The van der Waals surface area contributed by atoms with Gasteiger partial charge in [0.2, 0.25) is 74.1 Å². The maximum absolute atomic E-state index is 5.98. The van der Waals surface area contributed by atoms with E-state index in [-0.39, 0.29) is 21.1 Å². The number of nitrogens with zero attached hydrogens (tertiary/aromatic N) is 16. The number of nitrogens with one attached hydrogen (secondary N) is 4. The molecule has 0 saturated heterocycles. The van der Waals surface area contributed by atoms with Crippen molar-refractivity contribution in [3.8, 4) is 63.6 Å². The summed E-state index contributed by atoms with van der Waals surface area (Å²) in [5.41, 5.74) is 3.14. The lowest BCUT2D eigenvalue weighted by Crippen LogP contribution is -2.10. The summed E-state index contributed by atoms with van der Waals surface area (Å²) in [4.78, 5) is 55.9. The molecule has 442 valence electrons. The van der Waals surface area contributed by atoms with E-state index >= 15 is 0 Å². The molecule has 0 fully saturated rings. The number of imidazole rings is 2. The number of aromatic nitrogens is 16. The zero-order chi connectivity index (χ0) is 60.7. The quantitative estimate of drug-likeness (QED) is 0.0552. The van der Waals surface area contributed by atoms with Crippen LogP contribution in [0.4, 0.5) is 40.9 Å². The molecule has 0 radical (unpaired) electrons. The molecule has 0 spiro atoms. The van der Waals surface area contributed by atoms with E-state index in [0.717, 1.165) is 5.56 Å². The first-order valence-electron chi connectivity index (χ1n) is 24.3. The Balaban J connectivity index is 0.000000175. The van der Waals surface area contributed by atoms with E-state index in [0.29, 0.717) is 111 Å². The summed E-state index contributed by atoms with van der Waals surface area (Å²) < 4.78 is 51.2. The molecule has 0 saturated carbocycles. The largest absolute Gasteiger partial charge is 0.493 e. The number of methoxy groups -OCH3 is 9. The van der Waals surface area contributed by atoms with Gasteiger partial charge in [-0.3, -0.25) is 9.13 Å². The van der Waals surface area contributed by atoms with Crippen LogP contribution >= 0.6 is 46.4 Å². The molecule has 33 heteroatoms. The smallest absolute Gasteiger partial charge is 0.241 e. The van der Waals surface area contributed by atoms with Crippen LogP contribution in [0.1, 0.15) is 5.56 Å². The van der Waals surface area contributed by atoms with Crippen molar-refractivity contribution >= 4 is 87.3 Å². The van der Waals surface area contributed by atoms with Crippen LogP contribution < -0.4 is 63.9 Å². The van der Waals surface area contributed by atoms with Crippen molar-refractivity contribution in [2.45, 2.75) is 6.54 Å². The Bertz CT molecular complexity index is 3670. The van der Waals surface area contributed by atoms with Gasteiger partial charge in [0.1, 0.15) is 25.3 Å². The average Bonchev–Trinajstić information content (AvgIpc) is 3.98. The molecular weight excluding hydrogens is 1190 g/mol. The SMILES string of the molecule is COc1cc(Nc2ncnc(-n3ccnc3Cl)n2)cc(OC)c1OC.COc1cc(Nc2ncnc(-n3ccnc3NCc3ccccc3)n2)cc(OC)c1OC.COc1cc(Nc2ncnc(Cl)n2)cc(OC)c1OC.Clc1ncnc(Cl)n1. The number of hydrogen-bond acceptors (Lipinski definition) is 27. The van der Waals surface area contributed by atoms with E-state index in [1.807, 2.05) is 30.3 Å². The lowest BCUT2D eigenvalue weighted by atomic mass is 10.2. The zero-order valence-electron chi connectivity index (χ0n) is 46.5. The fourth-order valence-electron chi connectivity index (χ4n) is 7.18. The number of benzene rings is 4. The molecule has 0 unspecified atom stereocenters. The van der Waals surface area contributed by atoms with Gasteiger partial charge in [0, 0.05) is 84.8 Å². The van der Waals surface area contributed by atoms with Crippen molar-refractivity contribution in [2.24, 2.45) is 0 Å². The molecule has 6 heterocycles. The Morgan fingerprint density at radius 2 is 0.753 bits per heavy atom. The van der Waals surface area contributed by atoms with Crippen LogP contribution in [0.2, 0.25) is 21.1 Å². The Kier molecular flexibility index (Phi) is 23.1. The number of ether oxygens (including phenoxy) is 9. The molecule has 85 heavy (non-hydrogen) atoms. The molecule has 0 bridgehead atoms. The van der Waals surface area contributed by atoms with Crippen molar-refractivity contribution < 1.29 is 42.6 Å². The van der Waals surface area contributed by atoms with Gasteiger partial charge in [0.25, 0.3) is 0 Å². The summed E-state index contributed by atoms with van der Waals surface area (Å²) in [7, 11) is 13.9. The molecule has 4 aromatic carbocycles. The van der Waals surface area contributed by atoms with Crippen molar-refractivity contribution in [2.75, 3.05) is 85.3 Å². The van der Waals surface area contributed by atoms with E-state index < -0.39 is 0 Å². The number of rotatable bonds is 20. The van der Waals surface area contributed by atoms with Gasteiger partial charge < -0.3 is 63.9 Å². The Labute approximate surface area is 505 Å². The van der Waals surface area contributed by atoms with Crippen molar-refractivity contribution in [3.63, 3.8) is 0 Å². The van der Waals surface area contributed by atoms with Gasteiger partial charge in [-0.05, 0) is 52.0 Å². The number of halogens is 4. The van der Waals surface area contributed by atoms with Crippen LogP contribution in [-0.2, 0) is 6.54 Å². The lowest BCUT2D eigenvalue weighted by Gasteiger charge is -2.14. The predicted octanol–water partition coefficient (Wildman–Crippen LogP) is 9.39. The first-order valence-corrected chi connectivity index (χ1v) is 25.8. The Morgan fingerprint density at radius 1 is 0.388 bits per heavy atom. The molecule has 0 aliphatic heterocycles. The highest BCUT2D eigenvalue weighted by molar-refractivity contribution is 6.31. The molecule has 10 aromatic rings. The molecule has 4 N–H and O–H groups in total. The van der Waals surface area contributed by atoms with Crippen LogP contribution in [0, 0.1) is 0 Å². The lowest BCUT2D eigenvalue weighted by molar-refractivity contribution is 0.324. The number of hydrogen-bond donors (Lipinski definition) is 4. The average molecular weight is 1240 g/mol. The van der Waals surface area contributed by atoms with Crippen LogP contribution in [0.25, 0.3) is 11.9 Å². The van der Waals surface area contributed by atoms with Gasteiger partial charge in [-0.15, -0.1) is 0 Å². The zero-order valence-corrected chi connectivity index (χ0v) is 49.5. The minimum Gasteiger partial charge on any atom is -0.493 e. The second-order valence-electron chi connectivity index (χ2n) is 16.0. The maximum Gasteiger partial charge on any atom is 0.241 e. The normalized spacial score (nSPS) is 10.2. The van der Waals surface area contributed by atoms with Gasteiger partial charge in [-0.1, -0.05) is 30.3 Å². The molecule has 6 aromatic heterocycles. The van der Waals surface area contributed by atoms with Crippen LogP contribution in [-0.4, -0.2) is 143 Å². The van der Waals surface area contributed by atoms with E-state index in [9.17, 15) is 0 Å². The fourth-order valence-corrected chi connectivity index (χ4v) is 7.78. The first-order chi connectivity index (χ1) is 41.3. The third-order valence-corrected chi connectivity index (χ3v) is 11.7. The molecule has 0 amide bonds. The molecule has 29 nitrogen and oxygen atoms in total. The molecular formula is C52H52Cl4N20O9. The fraction of sp³-hybridized carbons (Fsp3) is 0.192. The van der Waals surface area contributed by atoms with Gasteiger partial charge >= 0.3 is 0 Å². The summed E-state index contributed by atoms with van der Waals surface area (Å²) in [6.45, 7) is 0.624. The van der Waals surface area contributed by atoms with Crippen LogP contribution in [0.3, 0.4) is 0 Å². The topological polar surface area (TPSA) is 322 Å². The van der Waals surface area contributed by atoms with Gasteiger partial charge in [-0.2, -0.15) is 19.9 Å². The first kappa shape index (κ1) is 62.5. The summed E-state index contributed by atoms with van der Waals surface area (Å²) in [5, 5.41) is 13.1. The molecule has 0 atom stereocenters. The third kappa shape index (κ3) is 17.2. The summed E-state index contributed by atoms with van der Waals surface area (Å²) in [5.74, 6) is 6.99. The highest BCUT2D eigenvalue weighted by atomic mass is 35.5. The van der Waals surface area contributed by atoms with E-state index in [2.05, 4.69) is 91.0 Å². The highest BCUT2D eigenvalue weighted by Gasteiger charge is 2.18. The second-order valence-corrected chi connectivity index (χ2v) is 17.3. The minimum absolute atomic E-state index is 0.106. The summed E-state index contributed by atoms with van der Waals surface area (Å²) >= 11 is 22.3. The Morgan fingerprint density at radius 3 is 1.12 bits per heavy atom. The summed E-state index contributed by atoms with van der Waals surface area (Å²) in [6, 6.07) is 20.6. The maximum atomic E-state index is 5.98. The van der Waals surface area contributed by atoms with E-state index in [1.54, 1.807) is 130 Å². The second kappa shape index (κ2) is 31.4. The van der Waals surface area contributed by atoms with Gasteiger partial charge in [0.15, 0.2) is 34.5 Å². The monoisotopic (exact) mass is 1240 g/mol. The van der Waals surface area contributed by atoms with Crippen LogP contribution in [0.5, 0.6) is 51.7 Å².